The number of benzene rings is 1. The molecule has 0 bridgehead atoms. The van der Waals surface area contributed by atoms with Crippen LogP contribution in [0.15, 0.2) is 41.8 Å². The van der Waals surface area contributed by atoms with E-state index in [9.17, 15) is 4.79 Å². The fraction of sp³-hybridized carbons (Fsp3) is 0.312. The third kappa shape index (κ3) is 4.06. The molecule has 1 aromatic carbocycles. The number of amides is 1. The molecule has 0 spiro atoms. The van der Waals surface area contributed by atoms with Crippen molar-refractivity contribution < 1.29 is 14.6 Å². The van der Waals surface area contributed by atoms with Gasteiger partial charge < -0.3 is 15.2 Å². The predicted molar refractivity (Wildman–Crippen MR) is 83.8 cm³/mol. The fourth-order valence-electron chi connectivity index (χ4n) is 2.15. The molecule has 1 unspecified atom stereocenters. The van der Waals surface area contributed by atoms with Crippen LogP contribution in [0, 0.1) is 0 Å². The first-order chi connectivity index (χ1) is 10.3. The minimum Gasteiger partial charge on any atom is -0.495 e. The molecule has 0 fully saturated rings. The molecular formula is C16H19NO3S. The van der Waals surface area contributed by atoms with Crippen LogP contribution in [0.3, 0.4) is 0 Å². The highest BCUT2D eigenvalue weighted by molar-refractivity contribution is 7.12. The number of carbonyl (C=O) groups is 1. The SMILES string of the molecule is COc1ccsc1C(=O)NC(CCCO)c1ccccc1. The van der Waals surface area contributed by atoms with E-state index in [0.717, 1.165) is 5.56 Å². The van der Waals surface area contributed by atoms with Gasteiger partial charge in [0.2, 0.25) is 0 Å². The number of hydrogen-bond acceptors (Lipinski definition) is 4. The molecular weight excluding hydrogens is 286 g/mol. The summed E-state index contributed by atoms with van der Waals surface area (Å²) in [6.07, 6.45) is 1.33. The maximum Gasteiger partial charge on any atom is 0.265 e. The van der Waals surface area contributed by atoms with Crippen molar-refractivity contribution >= 4 is 17.2 Å². The average Bonchev–Trinajstić information content (AvgIpc) is 3.00. The number of ether oxygens (including phenoxy) is 1. The normalized spacial score (nSPS) is 11.9. The predicted octanol–water partition coefficient (Wildman–Crippen LogP) is 3.00. The Bertz CT molecular complexity index is 568. The number of rotatable bonds is 7. The Balaban J connectivity index is 2.13. The van der Waals surface area contributed by atoms with Crippen LogP contribution >= 0.6 is 11.3 Å². The first kappa shape index (κ1) is 15.5. The largest absolute Gasteiger partial charge is 0.495 e. The van der Waals surface area contributed by atoms with Crippen molar-refractivity contribution in [1.82, 2.24) is 5.32 Å². The van der Waals surface area contributed by atoms with Gasteiger partial charge in [0, 0.05) is 6.61 Å². The lowest BCUT2D eigenvalue weighted by atomic mass is 10.0. The Morgan fingerprint density at radius 1 is 1.33 bits per heavy atom. The van der Waals surface area contributed by atoms with E-state index in [2.05, 4.69) is 5.32 Å². The lowest BCUT2D eigenvalue weighted by Gasteiger charge is -2.19. The van der Waals surface area contributed by atoms with E-state index in [-0.39, 0.29) is 18.6 Å². The van der Waals surface area contributed by atoms with Gasteiger partial charge in [-0.25, -0.2) is 0 Å². The topological polar surface area (TPSA) is 58.6 Å². The molecule has 0 aliphatic carbocycles. The van der Waals surface area contributed by atoms with Gasteiger partial charge in [-0.1, -0.05) is 30.3 Å². The summed E-state index contributed by atoms with van der Waals surface area (Å²) >= 11 is 1.36. The van der Waals surface area contributed by atoms with Crippen LogP contribution in [0.4, 0.5) is 0 Å². The van der Waals surface area contributed by atoms with Crippen molar-refractivity contribution in [2.75, 3.05) is 13.7 Å². The zero-order chi connectivity index (χ0) is 15.1. The number of methoxy groups -OCH3 is 1. The van der Waals surface area contributed by atoms with Gasteiger partial charge >= 0.3 is 0 Å². The van der Waals surface area contributed by atoms with Crippen LogP contribution < -0.4 is 10.1 Å². The second-order valence-corrected chi connectivity index (χ2v) is 5.54. The van der Waals surface area contributed by atoms with Gasteiger partial charge in [0.15, 0.2) is 0 Å². The van der Waals surface area contributed by atoms with Crippen LogP contribution in [0.25, 0.3) is 0 Å². The molecule has 1 amide bonds. The summed E-state index contributed by atoms with van der Waals surface area (Å²) in [5.74, 6) is 0.445. The van der Waals surface area contributed by atoms with E-state index < -0.39 is 0 Å². The molecule has 5 heteroatoms. The number of nitrogens with one attached hydrogen (secondary N) is 1. The van der Waals surface area contributed by atoms with Gasteiger partial charge in [0.25, 0.3) is 5.91 Å². The zero-order valence-electron chi connectivity index (χ0n) is 11.9. The van der Waals surface area contributed by atoms with Gasteiger partial charge in [0.05, 0.1) is 13.2 Å². The molecule has 1 atom stereocenters. The van der Waals surface area contributed by atoms with Crippen LogP contribution in [-0.2, 0) is 0 Å². The van der Waals surface area contributed by atoms with Crippen molar-refractivity contribution in [3.8, 4) is 5.75 Å². The van der Waals surface area contributed by atoms with Gasteiger partial charge in [-0.15, -0.1) is 11.3 Å². The standard InChI is InChI=1S/C16H19NO3S/c1-20-14-9-11-21-15(14)16(19)17-13(8-5-10-18)12-6-3-2-4-7-12/h2-4,6-7,9,11,13,18H,5,8,10H2,1H3,(H,17,19). The summed E-state index contributed by atoms with van der Waals surface area (Å²) in [4.78, 5) is 13.0. The molecule has 21 heavy (non-hydrogen) atoms. The van der Waals surface area contributed by atoms with Crippen LogP contribution in [0.1, 0.15) is 34.1 Å². The molecule has 112 valence electrons. The second-order valence-electron chi connectivity index (χ2n) is 4.62. The van der Waals surface area contributed by atoms with Crippen molar-refractivity contribution in [3.63, 3.8) is 0 Å². The van der Waals surface area contributed by atoms with Gasteiger partial charge in [-0.2, -0.15) is 0 Å². The molecule has 0 saturated heterocycles. The average molecular weight is 305 g/mol. The smallest absolute Gasteiger partial charge is 0.265 e. The van der Waals surface area contributed by atoms with Gasteiger partial charge in [0.1, 0.15) is 10.6 Å². The third-order valence-corrected chi connectivity index (χ3v) is 4.11. The summed E-state index contributed by atoms with van der Waals surface area (Å²) in [5, 5.41) is 13.9. The Hall–Kier alpha value is -1.85. The number of aliphatic hydroxyl groups excluding tert-OH is 1. The summed E-state index contributed by atoms with van der Waals surface area (Å²) in [5.41, 5.74) is 1.04. The first-order valence-electron chi connectivity index (χ1n) is 6.84. The zero-order valence-corrected chi connectivity index (χ0v) is 12.7. The molecule has 2 rings (SSSR count). The summed E-state index contributed by atoms with van der Waals surface area (Å²) in [6.45, 7) is 0.113. The molecule has 2 aromatic rings. The lowest BCUT2D eigenvalue weighted by molar-refractivity contribution is 0.0934. The molecule has 0 aliphatic rings. The molecule has 0 saturated carbocycles. The van der Waals surface area contributed by atoms with E-state index >= 15 is 0 Å². The fourth-order valence-corrected chi connectivity index (χ4v) is 2.91. The maximum absolute atomic E-state index is 12.4. The van der Waals surface area contributed by atoms with Crippen molar-refractivity contribution in [3.05, 3.63) is 52.2 Å². The van der Waals surface area contributed by atoms with E-state index in [4.69, 9.17) is 9.84 Å². The summed E-state index contributed by atoms with van der Waals surface area (Å²) < 4.78 is 5.18. The first-order valence-corrected chi connectivity index (χ1v) is 7.72. The minimum absolute atomic E-state index is 0.113. The molecule has 0 radical (unpaired) electrons. The molecule has 4 nitrogen and oxygen atoms in total. The Kier molecular flexibility index (Phi) is 5.78. The molecule has 1 aromatic heterocycles. The monoisotopic (exact) mass is 305 g/mol. The Morgan fingerprint density at radius 3 is 2.76 bits per heavy atom. The second kappa shape index (κ2) is 7.81. The third-order valence-electron chi connectivity index (χ3n) is 3.21. The van der Waals surface area contributed by atoms with Gasteiger partial charge in [-0.3, -0.25) is 4.79 Å². The van der Waals surface area contributed by atoms with E-state index in [1.807, 2.05) is 35.7 Å². The van der Waals surface area contributed by atoms with Crippen LogP contribution in [-0.4, -0.2) is 24.7 Å². The highest BCUT2D eigenvalue weighted by atomic mass is 32.1. The van der Waals surface area contributed by atoms with E-state index in [0.29, 0.717) is 23.5 Å². The van der Waals surface area contributed by atoms with Gasteiger partial charge in [-0.05, 0) is 29.9 Å². The van der Waals surface area contributed by atoms with Crippen LogP contribution in [0.5, 0.6) is 5.75 Å². The maximum atomic E-state index is 12.4. The number of carbonyl (C=O) groups excluding carboxylic acids is 1. The Morgan fingerprint density at radius 2 is 2.10 bits per heavy atom. The summed E-state index contributed by atoms with van der Waals surface area (Å²) in [6, 6.07) is 11.5. The van der Waals surface area contributed by atoms with Crippen molar-refractivity contribution in [1.29, 1.82) is 0 Å². The van der Waals surface area contributed by atoms with E-state index in [1.54, 1.807) is 13.2 Å². The lowest BCUT2D eigenvalue weighted by Crippen LogP contribution is -2.28. The highest BCUT2D eigenvalue weighted by Gasteiger charge is 2.19. The number of aliphatic hydroxyl groups is 1. The highest BCUT2D eigenvalue weighted by Crippen LogP contribution is 2.26. The number of thiophene rings is 1. The molecule has 1 heterocycles. The van der Waals surface area contributed by atoms with E-state index in [1.165, 1.54) is 11.3 Å². The van der Waals surface area contributed by atoms with Crippen LogP contribution in [0.2, 0.25) is 0 Å². The quantitative estimate of drug-likeness (QED) is 0.826. The Labute approximate surface area is 128 Å². The van der Waals surface area contributed by atoms with Crippen molar-refractivity contribution in [2.24, 2.45) is 0 Å². The minimum atomic E-state index is -0.145. The van der Waals surface area contributed by atoms with Crippen molar-refractivity contribution in [2.45, 2.75) is 18.9 Å². The molecule has 2 N–H and O–H groups in total. The number of hydrogen-bond donors (Lipinski definition) is 2. The summed E-state index contributed by atoms with van der Waals surface area (Å²) in [7, 11) is 1.55. The molecule has 0 aliphatic heterocycles.